The predicted octanol–water partition coefficient (Wildman–Crippen LogP) is 3.27. The molecular formula is C12H7F2NO. The maximum absolute atomic E-state index is 14.0. The molecule has 16 heavy (non-hydrogen) atoms. The van der Waals surface area contributed by atoms with Crippen molar-refractivity contribution in [1.82, 2.24) is 0 Å². The Morgan fingerprint density at radius 1 is 1.38 bits per heavy atom. The Bertz CT molecular complexity index is 620. The Labute approximate surface area is 90.1 Å². The van der Waals surface area contributed by atoms with Crippen LogP contribution < -0.4 is 0 Å². The van der Waals surface area contributed by atoms with Gasteiger partial charge in [-0.2, -0.15) is 5.26 Å². The van der Waals surface area contributed by atoms with Crippen molar-refractivity contribution >= 4 is 11.0 Å². The zero-order valence-corrected chi connectivity index (χ0v) is 8.26. The summed E-state index contributed by atoms with van der Waals surface area (Å²) in [7, 11) is 0. The molecule has 2 aromatic rings. The van der Waals surface area contributed by atoms with Gasteiger partial charge in [-0.1, -0.05) is 0 Å². The molecule has 0 spiro atoms. The number of halogens is 2. The molecule has 1 fully saturated rings. The number of nitriles is 1. The lowest BCUT2D eigenvalue weighted by Crippen LogP contribution is -2.09. The van der Waals surface area contributed by atoms with Gasteiger partial charge in [0.2, 0.25) is 0 Å². The number of hydrogen-bond acceptors (Lipinski definition) is 2. The average molecular weight is 219 g/mol. The van der Waals surface area contributed by atoms with Gasteiger partial charge < -0.3 is 4.42 Å². The molecule has 1 aromatic heterocycles. The van der Waals surface area contributed by atoms with Crippen molar-refractivity contribution < 1.29 is 13.2 Å². The average Bonchev–Trinajstić information content (AvgIpc) is 2.89. The van der Waals surface area contributed by atoms with Crippen molar-refractivity contribution in [1.29, 1.82) is 5.26 Å². The summed E-state index contributed by atoms with van der Waals surface area (Å²) in [6.07, 6.45) is 2.34. The number of fused-ring (bicyclic) bond motifs is 1. The monoisotopic (exact) mass is 219 g/mol. The Balaban J connectivity index is 2.36. The van der Waals surface area contributed by atoms with Crippen LogP contribution in [-0.2, 0) is 5.41 Å². The first-order valence-electron chi connectivity index (χ1n) is 4.95. The zero-order chi connectivity index (χ0) is 11.3. The van der Waals surface area contributed by atoms with Gasteiger partial charge in [0.05, 0.1) is 23.1 Å². The van der Waals surface area contributed by atoms with Crippen LogP contribution in [0.2, 0.25) is 0 Å². The second-order valence-corrected chi connectivity index (χ2v) is 4.07. The number of rotatable bonds is 1. The molecule has 0 radical (unpaired) electrons. The minimum Gasteiger partial charge on any atom is -0.464 e. The summed E-state index contributed by atoms with van der Waals surface area (Å²) in [6.45, 7) is 0. The highest BCUT2D eigenvalue weighted by Crippen LogP contribution is 2.50. The quantitative estimate of drug-likeness (QED) is 0.738. The maximum Gasteiger partial charge on any atom is 0.142 e. The first kappa shape index (κ1) is 9.34. The molecule has 80 valence electrons. The molecule has 1 aliphatic carbocycles. The third-order valence-electron chi connectivity index (χ3n) is 3.09. The van der Waals surface area contributed by atoms with Gasteiger partial charge in [-0.25, -0.2) is 8.78 Å². The molecule has 0 unspecified atom stereocenters. The summed E-state index contributed by atoms with van der Waals surface area (Å²) in [4.78, 5) is 0. The van der Waals surface area contributed by atoms with Gasteiger partial charge in [-0.3, -0.25) is 0 Å². The first-order valence-corrected chi connectivity index (χ1v) is 4.95. The lowest BCUT2D eigenvalue weighted by atomic mass is 9.95. The van der Waals surface area contributed by atoms with Crippen LogP contribution in [0.3, 0.4) is 0 Å². The summed E-state index contributed by atoms with van der Waals surface area (Å²) in [5.74, 6) is -1.36. The van der Waals surface area contributed by atoms with Crippen molar-refractivity contribution in [2.24, 2.45) is 0 Å². The Morgan fingerprint density at radius 2 is 2.12 bits per heavy atom. The van der Waals surface area contributed by atoms with Crippen LogP contribution in [-0.4, -0.2) is 0 Å². The summed E-state index contributed by atoms with van der Waals surface area (Å²) < 4.78 is 32.7. The minimum atomic E-state index is -0.959. The Morgan fingerprint density at radius 3 is 2.75 bits per heavy atom. The van der Waals surface area contributed by atoms with E-state index in [0.29, 0.717) is 12.8 Å². The standard InChI is InChI=1S/C12H7F2NO/c13-8-5-9-7(1-4-16-9)11(14)10(8)12(6-15)2-3-12/h1,4-5H,2-3H2. The minimum absolute atomic E-state index is 0.107. The van der Waals surface area contributed by atoms with E-state index in [-0.39, 0.29) is 16.5 Å². The molecule has 1 aromatic carbocycles. The number of hydrogen-bond donors (Lipinski definition) is 0. The largest absolute Gasteiger partial charge is 0.464 e. The van der Waals surface area contributed by atoms with E-state index in [9.17, 15) is 8.78 Å². The van der Waals surface area contributed by atoms with Gasteiger partial charge in [-0.05, 0) is 18.9 Å². The van der Waals surface area contributed by atoms with E-state index in [1.807, 2.05) is 6.07 Å². The van der Waals surface area contributed by atoms with Crippen LogP contribution in [0.25, 0.3) is 11.0 Å². The molecule has 4 heteroatoms. The Kier molecular flexibility index (Phi) is 1.65. The summed E-state index contributed by atoms with van der Waals surface area (Å²) in [5.41, 5.74) is -0.893. The van der Waals surface area contributed by atoms with E-state index in [4.69, 9.17) is 9.68 Å². The van der Waals surface area contributed by atoms with E-state index in [0.717, 1.165) is 6.07 Å². The van der Waals surface area contributed by atoms with Crippen molar-refractivity contribution in [3.05, 3.63) is 35.6 Å². The first-order chi connectivity index (χ1) is 7.68. The molecular weight excluding hydrogens is 212 g/mol. The summed E-state index contributed by atoms with van der Waals surface area (Å²) in [5, 5.41) is 9.21. The van der Waals surface area contributed by atoms with Crippen LogP contribution >= 0.6 is 0 Å². The fourth-order valence-electron chi connectivity index (χ4n) is 2.02. The Hall–Kier alpha value is -1.89. The number of furan rings is 1. The highest BCUT2D eigenvalue weighted by Gasteiger charge is 2.49. The molecule has 0 aliphatic heterocycles. The fourth-order valence-corrected chi connectivity index (χ4v) is 2.02. The van der Waals surface area contributed by atoms with E-state index < -0.39 is 17.0 Å². The third kappa shape index (κ3) is 1.03. The smallest absolute Gasteiger partial charge is 0.142 e. The molecule has 0 atom stereocenters. The molecule has 0 bridgehead atoms. The van der Waals surface area contributed by atoms with Crippen LogP contribution in [0, 0.1) is 23.0 Å². The molecule has 0 N–H and O–H groups in total. The van der Waals surface area contributed by atoms with Crippen molar-refractivity contribution in [2.45, 2.75) is 18.3 Å². The van der Waals surface area contributed by atoms with Gasteiger partial charge in [0.15, 0.2) is 0 Å². The second-order valence-electron chi connectivity index (χ2n) is 4.07. The highest BCUT2D eigenvalue weighted by molar-refractivity contribution is 5.79. The van der Waals surface area contributed by atoms with E-state index >= 15 is 0 Å². The molecule has 0 amide bonds. The number of nitrogens with zero attached hydrogens (tertiary/aromatic N) is 1. The topological polar surface area (TPSA) is 36.9 Å². The van der Waals surface area contributed by atoms with Crippen LogP contribution in [0.1, 0.15) is 18.4 Å². The molecule has 1 heterocycles. The third-order valence-corrected chi connectivity index (χ3v) is 3.09. The lowest BCUT2D eigenvalue weighted by Gasteiger charge is -2.09. The SMILES string of the molecule is N#CC1(c2c(F)cc3occc3c2F)CC1. The molecule has 0 saturated heterocycles. The zero-order valence-electron chi connectivity index (χ0n) is 8.26. The highest BCUT2D eigenvalue weighted by atomic mass is 19.1. The van der Waals surface area contributed by atoms with Crippen LogP contribution in [0.15, 0.2) is 22.8 Å². The van der Waals surface area contributed by atoms with Crippen LogP contribution in [0.4, 0.5) is 8.78 Å². The summed E-state index contributed by atoms with van der Waals surface area (Å²) >= 11 is 0. The fraction of sp³-hybridized carbons (Fsp3) is 0.250. The van der Waals surface area contributed by atoms with Gasteiger partial charge in [0.25, 0.3) is 0 Å². The van der Waals surface area contributed by atoms with Crippen LogP contribution in [0.5, 0.6) is 0 Å². The van der Waals surface area contributed by atoms with Gasteiger partial charge in [-0.15, -0.1) is 0 Å². The second kappa shape index (κ2) is 2.82. The normalized spacial score (nSPS) is 17.3. The predicted molar refractivity (Wildman–Crippen MR) is 52.7 cm³/mol. The maximum atomic E-state index is 14.0. The summed E-state index contributed by atoms with van der Waals surface area (Å²) in [6, 6.07) is 4.59. The molecule has 3 rings (SSSR count). The molecule has 1 aliphatic rings. The van der Waals surface area contributed by atoms with Crippen molar-refractivity contribution in [2.75, 3.05) is 0 Å². The van der Waals surface area contributed by atoms with Crippen molar-refractivity contribution in [3.8, 4) is 6.07 Å². The molecule has 2 nitrogen and oxygen atoms in total. The lowest BCUT2D eigenvalue weighted by molar-refractivity contribution is 0.543. The molecule has 1 saturated carbocycles. The van der Waals surface area contributed by atoms with Crippen molar-refractivity contribution in [3.63, 3.8) is 0 Å². The van der Waals surface area contributed by atoms with Gasteiger partial charge >= 0.3 is 0 Å². The number of benzene rings is 1. The van der Waals surface area contributed by atoms with E-state index in [2.05, 4.69) is 0 Å². The van der Waals surface area contributed by atoms with E-state index in [1.54, 1.807) is 0 Å². The van der Waals surface area contributed by atoms with Gasteiger partial charge in [0, 0.05) is 11.6 Å². The van der Waals surface area contributed by atoms with E-state index in [1.165, 1.54) is 12.3 Å². The van der Waals surface area contributed by atoms with Gasteiger partial charge in [0.1, 0.15) is 17.2 Å².